The molecule has 2 heterocycles. The smallest absolute Gasteiger partial charge is 0.408 e. The number of fused-ring (bicyclic) bond motifs is 1. The summed E-state index contributed by atoms with van der Waals surface area (Å²) in [5.74, 6) is 0.0251. The summed E-state index contributed by atoms with van der Waals surface area (Å²) in [6, 6.07) is 15.7. The summed E-state index contributed by atoms with van der Waals surface area (Å²) in [6.07, 6.45) is 5.43. The van der Waals surface area contributed by atoms with Crippen molar-refractivity contribution < 1.29 is 9.21 Å². The first-order chi connectivity index (χ1) is 15.6. The number of likely N-dealkylation sites (tertiary alicyclic amines) is 1. The van der Waals surface area contributed by atoms with Gasteiger partial charge < -0.3 is 9.32 Å². The number of nitrogens with one attached hydrogen (secondary N) is 1. The van der Waals surface area contributed by atoms with Gasteiger partial charge in [-0.2, -0.15) is 5.26 Å². The van der Waals surface area contributed by atoms with Gasteiger partial charge in [0.1, 0.15) is 5.78 Å². The third kappa shape index (κ3) is 4.01. The molecule has 0 unspecified atom stereocenters. The molecule has 0 bridgehead atoms. The summed E-state index contributed by atoms with van der Waals surface area (Å²) in [6.45, 7) is 3.14. The van der Waals surface area contributed by atoms with Crippen molar-refractivity contribution >= 4 is 16.9 Å². The highest BCUT2D eigenvalue weighted by atomic mass is 16.4. The van der Waals surface area contributed by atoms with Crippen LogP contribution in [0.5, 0.6) is 0 Å². The number of aromatic nitrogens is 1. The van der Waals surface area contributed by atoms with E-state index in [0.29, 0.717) is 23.1 Å². The third-order valence-corrected chi connectivity index (χ3v) is 7.14. The zero-order valence-electron chi connectivity index (χ0n) is 18.1. The van der Waals surface area contributed by atoms with E-state index in [4.69, 9.17) is 4.42 Å². The Morgan fingerprint density at radius 1 is 1.19 bits per heavy atom. The summed E-state index contributed by atoms with van der Waals surface area (Å²) in [4.78, 5) is 30.1. The number of oxazole rings is 1. The molecule has 1 aromatic heterocycles. The lowest BCUT2D eigenvalue weighted by atomic mass is 9.85. The Bertz CT molecular complexity index is 1240. The Morgan fingerprint density at radius 2 is 2.00 bits per heavy atom. The fourth-order valence-corrected chi connectivity index (χ4v) is 5.15. The number of hydrogen-bond acceptors (Lipinski definition) is 5. The number of Topliss-reactive ketones (excluding diaryl/α,β-unsaturated/α-hetero) is 1. The van der Waals surface area contributed by atoms with Gasteiger partial charge in [-0.15, -0.1) is 0 Å². The summed E-state index contributed by atoms with van der Waals surface area (Å²) < 4.78 is 5.10. The van der Waals surface area contributed by atoms with Crippen molar-refractivity contribution in [1.29, 1.82) is 5.26 Å². The highest BCUT2D eigenvalue weighted by molar-refractivity contribution is 5.94. The van der Waals surface area contributed by atoms with Crippen LogP contribution < -0.4 is 5.76 Å². The number of aromatic amines is 1. The third-order valence-electron chi connectivity index (χ3n) is 7.14. The Morgan fingerprint density at radius 3 is 2.75 bits per heavy atom. The summed E-state index contributed by atoms with van der Waals surface area (Å²) >= 11 is 0. The van der Waals surface area contributed by atoms with Crippen molar-refractivity contribution in [3.8, 4) is 6.07 Å². The van der Waals surface area contributed by atoms with Crippen LogP contribution in [0, 0.1) is 11.3 Å². The second kappa shape index (κ2) is 8.40. The minimum absolute atomic E-state index is 0.230. The van der Waals surface area contributed by atoms with E-state index in [1.165, 1.54) is 12.8 Å². The molecule has 5 rings (SSSR count). The number of H-pyrrole nitrogens is 1. The molecule has 6 heteroatoms. The predicted molar refractivity (Wildman–Crippen MR) is 122 cm³/mol. The fourth-order valence-electron chi connectivity index (χ4n) is 5.15. The monoisotopic (exact) mass is 429 g/mol. The van der Waals surface area contributed by atoms with Crippen LogP contribution >= 0.6 is 0 Å². The zero-order chi connectivity index (χ0) is 22.1. The van der Waals surface area contributed by atoms with Gasteiger partial charge in [0.15, 0.2) is 5.58 Å². The van der Waals surface area contributed by atoms with Gasteiger partial charge in [0.25, 0.3) is 0 Å². The lowest BCUT2D eigenvalue weighted by Gasteiger charge is -2.25. The molecule has 0 radical (unpaired) electrons. The second-order valence-electron chi connectivity index (χ2n) is 9.21. The average Bonchev–Trinajstić information content (AvgIpc) is 3.29. The van der Waals surface area contributed by atoms with Crippen LogP contribution in [-0.4, -0.2) is 35.3 Å². The van der Waals surface area contributed by atoms with Gasteiger partial charge in [0.2, 0.25) is 0 Å². The van der Waals surface area contributed by atoms with Crippen molar-refractivity contribution in [3.05, 3.63) is 69.7 Å². The molecule has 1 atom stereocenters. The lowest BCUT2D eigenvalue weighted by molar-refractivity contribution is -0.121. The minimum Gasteiger partial charge on any atom is -0.408 e. The molecule has 2 aromatic carbocycles. The highest BCUT2D eigenvalue weighted by Crippen LogP contribution is 2.50. The molecule has 6 nitrogen and oxygen atoms in total. The number of nitrogens with zero attached hydrogens (tertiary/aromatic N) is 2. The molecule has 3 aromatic rings. The van der Waals surface area contributed by atoms with Crippen LogP contribution in [0.2, 0.25) is 0 Å². The molecule has 0 spiro atoms. The molecule has 2 fully saturated rings. The Hall–Kier alpha value is -3.17. The molecule has 1 aliphatic carbocycles. The maximum absolute atomic E-state index is 13.4. The second-order valence-corrected chi connectivity index (χ2v) is 9.21. The largest absolute Gasteiger partial charge is 0.417 e. The molecule has 164 valence electrons. The first kappa shape index (κ1) is 20.7. The molecule has 0 amide bonds. The van der Waals surface area contributed by atoms with Crippen molar-refractivity contribution in [2.45, 2.75) is 49.9 Å². The van der Waals surface area contributed by atoms with Gasteiger partial charge in [-0.25, -0.2) is 4.79 Å². The van der Waals surface area contributed by atoms with Gasteiger partial charge in [0, 0.05) is 13.0 Å². The van der Waals surface area contributed by atoms with E-state index in [1.54, 1.807) is 6.07 Å². The van der Waals surface area contributed by atoms with Gasteiger partial charge in [-0.3, -0.25) is 9.78 Å². The number of carbonyl (C=O) groups is 1. The Balaban J connectivity index is 1.34. The number of hydrogen-bond donors (Lipinski definition) is 1. The Kier molecular flexibility index (Phi) is 5.44. The molecule has 1 saturated carbocycles. The lowest BCUT2D eigenvalue weighted by Crippen LogP contribution is -2.27. The molecule has 1 N–H and O–H groups in total. The number of rotatable bonds is 8. The predicted octanol–water partition coefficient (Wildman–Crippen LogP) is 4.25. The summed E-state index contributed by atoms with van der Waals surface area (Å²) in [5.41, 5.74) is 3.51. The fraction of sp³-hybridized carbons (Fsp3) is 0.423. The van der Waals surface area contributed by atoms with E-state index in [2.05, 4.69) is 22.0 Å². The average molecular weight is 430 g/mol. The standard InChI is InChI=1S/C26H27N3O3/c27-16-18-4-3-5-19(14-18)20(17-29-12-1-2-13-29)6-9-24(30)26(10-11-26)21-7-8-23-22(15-21)28-25(31)32-23/h3-5,7-8,14-15,20H,1-2,6,9-13,17H2,(H,28,31)/t20-/m1/s1. The first-order valence-corrected chi connectivity index (χ1v) is 11.5. The molecular formula is C26H27N3O3. The van der Waals surface area contributed by atoms with E-state index in [1.807, 2.05) is 30.3 Å². The van der Waals surface area contributed by atoms with Crippen molar-refractivity contribution in [2.75, 3.05) is 19.6 Å². The molecule has 32 heavy (non-hydrogen) atoms. The maximum atomic E-state index is 13.4. The van der Waals surface area contributed by atoms with E-state index in [9.17, 15) is 14.9 Å². The van der Waals surface area contributed by atoms with Crippen LogP contribution in [0.4, 0.5) is 0 Å². The van der Waals surface area contributed by atoms with Crippen LogP contribution in [0.25, 0.3) is 11.1 Å². The van der Waals surface area contributed by atoms with E-state index < -0.39 is 11.2 Å². The van der Waals surface area contributed by atoms with Crippen LogP contribution in [-0.2, 0) is 10.2 Å². The van der Waals surface area contributed by atoms with Crippen molar-refractivity contribution in [3.63, 3.8) is 0 Å². The topological polar surface area (TPSA) is 90.1 Å². The number of nitriles is 1. The van der Waals surface area contributed by atoms with Crippen LogP contribution in [0.1, 0.15) is 61.1 Å². The van der Waals surface area contributed by atoms with E-state index in [-0.39, 0.29) is 11.7 Å². The molecular weight excluding hydrogens is 402 g/mol. The minimum atomic E-state index is -0.474. The first-order valence-electron chi connectivity index (χ1n) is 11.5. The zero-order valence-corrected chi connectivity index (χ0v) is 18.1. The van der Waals surface area contributed by atoms with Crippen molar-refractivity contribution in [1.82, 2.24) is 9.88 Å². The van der Waals surface area contributed by atoms with Crippen LogP contribution in [0.15, 0.2) is 51.7 Å². The quantitative estimate of drug-likeness (QED) is 0.578. The molecule has 1 saturated heterocycles. The summed E-state index contributed by atoms with van der Waals surface area (Å²) in [7, 11) is 0. The number of benzene rings is 2. The SMILES string of the molecule is N#Cc1cccc([C@H](CCC(=O)C2(c3ccc4oc(=O)[nH]c4c3)CC2)CN2CCCC2)c1. The van der Waals surface area contributed by atoms with Gasteiger partial charge >= 0.3 is 5.76 Å². The molecule has 2 aliphatic rings. The molecule has 1 aliphatic heterocycles. The Labute approximate surface area is 186 Å². The van der Waals surface area contributed by atoms with Crippen molar-refractivity contribution in [2.24, 2.45) is 0 Å². The van der Waals surface area contributed by atoms with Crippen LogP contribution in [0.3, 0.4) is 0 Å². The van der Waals surface area contributed by atoms with E-state index >= 15 is 0 Å². The number of carbonyl (C=O) groups excluding carboxylic acids is 1. The maximum Gasteiger partial charge on any atom is 0.417 e. The van der Waals surface area contributed by atoms with Gasteiger partial charge in [0.05, 0.1) is 22.6 Å². The number of ketones is 1. The highest BCUT2D eigenvalue weighted by Gasteiger charge is 2.50. The van der Waals surface area contributed by atoms with E-state index in [0.717, 1.165) is 50.0 Å². The van der Waals surface area contributed by atoms with Gasteiger partial charge in [-0.05, 0) is 86.5 Å². The van der Waals surface area contributed by atoms with Gasteiger partial charge in [-0.1, -0.05) is 18.2 Å². The normalized spacial score (nSPS) is 18.5. The summed E-state index contributed by atoms with van der Waals surface area (Å²) in [5, 5.41) is 9.32.